The minimum Gasteiger partial charge on any atom is -0.490 e. The van der Waals surface area contributed by atoms with Crippen LogP contribution in [0.5, 0.6) is 5.75 Å². The van der Waals surface area contributed by atoms with Gasteiger partial charge in [-0.15, -0.1) is 0 Å². The van der Waals surface area contributed by atoms with Gasteiger partial charge in [-0.3, -0.25) is 0 Å². The monoisotopic (exact) mass is 234 g/mol. The van der Waals surface area contributed by atoms with Crippen molar-refractivity contribution in [3.05, 3.63) is 24.3 Å². The van der Waals surface area contributed by atoms with Crippen molar-refractivity contribution in [1.29, 1.82) is 0 Å². The Balaban J connectivity index is 2.00. The lowest BCUT2D eigenvalue weighted by molar-refractivity contribution is 0.144. The molecule has 2 rings (SSSR count). The normalized spacial score (nSPS) is 24.4. The fraction of sp³-hybridized carbons (Fsp3) is 0.571. The third-order valence-corrected chi connectivity index (χ3v) is 3.21. The maximum absolute atomic E-state index is 6.05. The second kappa shape index (κ2) is 5.41. The molecule has 0 aliphatic carbocycles. The molecule has 2 atom stereocenters. The van der Waals surface area contributed by atoms with Crippen molar-refractivity contribution in [3.8, 4) is 5.75 Å². The molecule has 0 bridgehead atoms. The molecule has 1 fully saturated rings. The van der Waals surface area contributed by atoms with Gasteiger partial charge in [0.25, 0.3) is 0 Å². The number of benzene rings is 1. The van der Waals surface area contributed by atoms with Gasteiger partial charge >= 0.3 is 0 Å². The molecule has 1 aliphatic rings. The second-order valence-corrected chi connectivity index (χ2v) is 5.01. The number of hydrogen-bond acceptors (Lipinski definition) is 3. The summed E-state index contributed by atoms with van der Waals surface area (Å²) in [5.74, 6) is 0.982. The highest BCUT2D eigenvalue weighted by Gasteiger charge is 2.19. The minimum absolute atomic E-state index is 0.351. The van der Waals surface area contributed by atoms with Gasteiger partial charge in [0.2, 0.25) is 0 Å². The van der Waals surface area contributed by atoms with E-state index in [9.17, 15) is 0 Å². The van der Waals surface area contributed by atoms with Crippen molar-refractivity contribution in [2.45, 2.75) is 31.9 Å². The summed E-state index contributed by atoms with van der Waals surface area (Å²) in [6.45, 7) is 3.27. The molecule has 0 aromatic heterocycles. The van der Waals surface area contributed by atoms with Crippen LogP contribution in [0.1, 0.15) is 19.8 Å². The Kier molecular flexibility index (Phi) is 3.89. The first-order valence-corrected chi connectivity index (χ1v) is 6.32. The van der Waals surface area contributed by atoms with E-state index in [1.54, 1.807) is 0 Å². The van der Waals surface area contributed by atoms with Crippen molar-refractivity contribution >= 4 is 5.69 Å². The van der Waals surface area contributed by atoms with Crippen LogP contribution in [0.4, 0.5) is 5.69 Å². The van der Waals surface area contributed by atoms with E-state index >= 15 is 0 Å². The predicted octanol–water partition coefficient (Wildman–Crippen LogP) is 2.27. The average molecular weight is 234 g/mol. The Morgan fingerprint density at radius 3 is 2.88 bits per heavy atom. The standard InChI is InChI=1S/C14H22N2O/c1-11-9-14(7-8-15-11)17-13-6-4-5-12(10-13)16(2)3/h4-6,10-11,14-15H,7-9H2,1-3H3. The Labute approximate surface area is 104 Å². The molecule has 1 aliphatic heterocycles. The van der Waals surface area contributed by atoms with Crippen molar-refractivity contribution in [3.63, 3.8) is 0 Å². The molecular formula is C14H22N2O. The molecule has 0 saturated carbocycles. The molecule has 1 aromatic carbocycles. The van der Waals surface area contributed by atoms with Gasteiger partial charge in [-0.1, -0.05) is 6.07 Å². The number of anilines is 1. The predicted molar refractivity (Wildman–Crippen MR) is 71.9 cm³/mol. The number of rotatable bonds is 3. The number of ether oxygens (including phenoxy) is 1. The van der Waals surface area contributed by atoms with Gasteiger partial charge in [0.05, 0.1) is 0 Å². The Bertz CT molecular complexity index is 365. The largest absolute Gasteiger partial charge is 0.490 e. The van der Waals surface area contributed by atoms with Gasteiger partial charge in [-0.2, -0.15) is 0 Å². The van der Waals surface area contributed by atoms with Gasteiger partial charge in [0.1, 0.15) is 11.9 Å². The van der Waals surface area contributed by atoms with Crippen molar-refractivity contribution in [2.24, 2.45) is 0 Å². The lowest BCUT2D eigenvalue weighted by Crippen LogP contribution is -2.40. The van der Waals surface area contributed by atoms with E-state index in [1.165, 1.54) is 5.69 Å². The first-order valence-electron chi connectivity index (χ1n) is 6.32. The second-order valence-electron chi connectivity index (χ2n) is 5.01. The molecule has 17 heavy (non-hydrogen) atoms. The van der Waals surface area contributed by atoms with Crippen LogP contribution in [0.15, 0.2) is 24.3 Å². The molecule has 1 aromatic rings. The van der Waals surface area contributed by atoms with E-state index in [-0.39, 0.29) is 0 Å². The summed E-state index contributed by atoms with van der Waals surface area (Å²) in [6.07, 6.45) is 2.53. The molecule has 1 N–H and O–H groups in total. The molecule has 1 saturated heterocycles. The third kappa shape index (κ3) is 3.37. The van der Waals surface area contributed by atoms with Gasteiger partial charge in [-0.25, -0.2) is 0 Å². The molecular weight excluding hydrogens is 212 g/mol. The highest BCUT2D eigenvalue weighted by molar-refractivity contribution is 5.49. The van der Waals surface area contributed by atoms with Gasteiger partial charge in [0.15, 0.2) is 0 Å². The zero-order valence-electron chi connectivity index (χ0n) is 10.9. The third-order valence-electron chi connectivity index (χ3n) is 3.21. The first kappa shape index (κ1) is 12.2. The number of nitrogens with zero attached hydrogens (tertiary/aromatic N) is 1. The summed E-state index contributed by atoms with van der Waals surface area (Å²) in [6, 6.07) is 8.85. The lowest BCUT2D eigenvalue weighted by Gasteiger charge is -2.28. The van der Waals surface area contributed by atoms with E-state index in [2.05, 4.69) is 35.3 Å². The van der Waals surface area contributed by atoms with Crippen LogP contribution in [0, 0.1) is 0 Å². The summed E-state index contributed by atoms with van der Waals surface area (Å²) < 4.78 is 6.05. The first-order chi connectivity index (χ1) is 8.15. The van der Waals surface area contributed by atoms with E-state index in [1.807, 2.05) is 20.2 Å². The van der Waals surface area contributed by atoms with Gasteiger partial charge in [-0.05, 0) is 38.4 Å². The van der Waals surface area contributed by atoms with Crippen molar-refractivity contribution in [2.75, 3.05) is 25.5 Å². The molecule has 3 nitrogen and oxygen atoms in total. The Morgan fingerprint density at radius 2 is 2.18 bits per heavy atom. The Morgan fingerprint density at radius 1 is 1.35 bits per heavy atom. The highest BCUT2D eigenvalue weighted by Crippen LogP contribution is 2.23. The molecule has 1 heterocycles. The Hall–Kier alpha value is -1.22. The SMILES string of the molecule is CC1CC(Oc2cccc(N(C)C)c2)CCN1. The van der Waals surface area contributed by atoms with E-state index in [4.69, 9.17) is 4.74 Å². The van der Waals surface area contributed by atoms with Crippen LogP contribution in [0.25, 0.3) is 0 Å². The fourth-order valence-electron chi connectivity index (χ4n) is 2.22. The molecule has 3 heteroatoms. The zero-order chi connectivity index (χ0) is 12.3. The van der Waals surface area contributed by atoms with Crippen molar-refractivity contribution < 1.29 is 4.74 Å². The minimum atomic E-state index is 0.351. The van der Waals surface area contributed by atoms with Gasteiger partial charge < -0.3 is 15.0 Å². The summed E-state index contributed by atoms with van der Waals surface area (Å²) >= 11 is 0. The van der Waals surface area contributed by atoms with Crippen LogP contribution >= 0.6 is 0 Å². The van der Waals surface area contributed by atoms with Crippen LogP contribution in [-0.2, 0) is 0 Å². The van der Waals surface area contributed by atoms with Gasteiger partial charge in [0, 0.05) is 31.9 Å². The highest BCUT2D eigenvalue weighted by atomic mass is 16.5. The van der Waals surface area contributed by atoms with Crippen LogP contribution in [-0.4, -0.2) is 32.8 Å². The number of piperidine rings is 1. The molecule has 0 amide bonds. The van der Waals surface area contributed by atoms with Crippen LogP contribution in [0.3, 0.4) is 0 Å². The zero-order valence-corrected chi connectivity index (χ0v) is 10.9. The quantitative estimate of drug-likeness (QED) is 0.868. The number of hydrogen-bond donors (Lipinski definition) is 1. The van der Waals surface area contributed by atoms with E-state index in [0.717, 1.165) is 25.1 Å². The van der Waals surface area contributed by atoms with Crippen LogP contribution in [0.2, 0.25) is 0 Å². The fourth-order valence-corrected chi connectivity index (χ4v) is 2.22. The molecule has 0 spiro atoms. The molecule has 2 unspecified atom stereocenters. The molecule has 0 radical (unpaired) electrons. The van der Waals surface area contributed by atoms with E-state index in [0.29, 0.717) is 12.1 Å². The summed E-state index contributed by atoms with van der Waals surface area (Å²) in [5.41, 5.74) is 1.18. The topological polar surface area (TPSA) is 24.5 Å². The summed E-state index contributed by atoms with van der Waals surface area (Å²) in [5, 5.41) is 3.44. The maximum atomic E-state index is 6.05. The number of nitrogens with one attached hydrogen (secondary N) is 1. The lowest BCUT2D eigenvalue weighted by atomic mass is 10.0. The van der Waals surface area contributed by atoms with Crippen molar-refractivity contribution in [1.82, 2.24) is 5.32 Å². The van der Waals surface area contributed by atoms with E-state index < -0.39 is 0 Å². The molecule has 94 valence electrons. The maximum Gasteiger partial charge on any atom is 0.121 e. The summed E-state index contributed by atoms with van der Waals surface area (Å²) in [7, 11) is 4.09. The average Bonchev–Trinajstić information content (AvgIpc) is 2.29. The smallest absolute Gasteiger partial charge is 0.121 e. The summed E-state index contributed by atoms with van der Waals surface area (Å²) in [4.78, 5) is 2.10. The van der Waals surface area contributed by atoms with Crippen LogP contribution < -0.4 is 15.0 Å².